The fourth-order valence-electron chi connectivity index (χ4n) is 9.46. The summed E-state index contributed by atoms with van der Waals surface area (Å²) in [4.78, 5) is 44.7. The van der Waals surface area contributed by atoms with Crippen molar-refractivity contribution in [1.82, 2.24) is 15.2 Å². The van der Waals surface area contributed by atoms with E-state index < -0.39 is 25.8 Å². The number of aromatic nitrogens is 1. The topological polar surface area (TPSA) is 139 Å². The number of piperidine rings is 3. The lowest BCUT2D eigenvalue weighted by molar-refractivity contribution is -0.167. The molecule has 1 aromatic heterocycles. The van der Waals surface area contributed by atoms with Crippen molar-refractivity contribution in [1.29, 1.82) is 0 Å². The summed E-state index contributed by atoms with van der Waals surface area (Å²) in [5, 5.41) is 15.0. The molecular weight excluding hydrogens is 834 g/mol. The van der Waals surface area contributed by atoms with Crippen molar-refractivity contribution >= 4 is 42.8 Å². The number of rotatable bonds is 17. The van der Waals surface area contributed by atoms with Crippen LogP contribution in [0.5, 0.6) is 11.5 Å². The number of H-pyrrole nitrogens is 1. The number of hydrogen-bond donors (Lipinski definition) is 3. The normalized spacial score (nSPS) is 20.3. The van der Waals surface area contributed by atoms with E-state index in [0.29, 0.717) is 42.1 Å². The van der Waals surface area contributed by atoms with Gasteiger partial charge in [-0.05, 0) is 123 Å². The molecule has 1 aliphatic carbocycles. The molecule has 63 heavy (non-hydrogen) atoms. The van der Waals surface area contributed by atoms with E-state index in [0.717, 1.165) is 94.1 Å². The lowest BCUT2D eigenvalue weighted by Crippen LogP contribution is -2.53. The second-order valence-corrected chi connectivity index (χ2v) is 24.6. The third-order valence-electron chi connectivity index (χ3n) is 14.3. The summed E-state index contributed by atoms with van der Waals surface area (Å²) in [6, 6.07) is 18.5. The van der Waals surface area contributed by atoms with Gasteiger partial charge in [0.1, 0.15) is 17.6 Å². The first kappa shape index (κ1) is 46.8. The lowest BCUT2D eigenvalue weighted by Gasteiger charge is -2.45. The second-order valence-electron chi connectivity index (χ2n) is 19.4. The molecule has 0 spiro atoms. The van der Waals surface area contributed by atoms with E-state index in [4.69, 9.17) is 30.2 Å². The number of benzene rings is 3. The molecule has 3 aliphatic heterocycles. The van der Waals surface area contributed by atoms with Crippen LogP contribution in [0.25, 0.3) is 10.9 Å². The predicted molar refractivity (Wildman–Crippen MR) is 250 cm³/mol. The molecule has 2 bridgehead atoms. The van der Waals surface area contributed by atoms with Gasteiger partial charge >= 0.3 is 11.9 Å². The quantitative estimate of drug-likeness (QED) is 0.0533. The Morgan fingerprint density at radius 1 is 1.02 bits per heavy atom. The van der Waals surface area contributed by atoms with Crippen LogP contribution in [-0.4, -0.2) is 81.2 Å². The largest absolute Gasteiger partial charge is 0.506 e. The Morgan fingerprint density at radius 3 is 2.48 bits per heavy atom. The molecule has 0 amide bonds. The van der Waals surface area contributed by atoms with Crippen LogP contribution in [-0.2, 0) is 37.1 Å². The van der Waals surface area contributed by atoms with Crippen LogP contribution in [0.4, 0.5) is 0 Å². The van der Waals surface area contributed by atoms with E-state index in [2.05, 4.69) is 73.3 Å². The van der Waals surface area contributed by atoms with Crippen molar-refractivity contribution < 1.29 is 33.3 Å². The van der Waals surface area contributed by atoms with E-state index in [1.54, 1.807) is 31.4 Å². The summed E-state index contributed by atoms with van der Waals surface area (Å²) in [5.41, 5.74) is 3.56. The number of nitrogens with one attached hydrogen (secondary N) is 2. The molecule has 1 saturated carbocycles. The summed E-state index contributed by atoms with van der Waals surface area (Å²) in [5.74, 6) is 0.420. The Labute approximate surface area is 378 Å². The fourth-order valence-corrected chi connectivity index (χ4v) is 11.0. The van der Waals surface area contributed by atoms with Crippen molar-refractivity contribution in [3.8, 4) is 11.5 Å². The standard InChI is InChI=1S/C50H66ClN3O8Si/c1-49(2,3)63(5,6)62-43(37-16-18-41(55)46-38(37)17-19-45(56)53-46)31-52-30-35-28-40(51)39(29-42(35)59-4)47(57)60-26-11-8-13-33-14-12-15-36(27-33)50(22-9-7-10-23-50)48(58)61-44-32-54-24-20-34(44)21-25-54/h12,14-19,27-29,34,43-44,52,55H,7-11,13,20-26,30-32H2,1-6H3,(H,53,56)/t43-,44+/m1/s1. The van der Waals surface area contributed by atoms with Crippen LogP contribution >= 0.6 is 11.6 Å². The van der Waals surface area contributed by atoms with Gasteiger partial charge in [0.2, 0.25) is 5.56 Å². The number of unbranched alkanes of at least 4 members (excludes halogenated alkanes) is 1. The monoisotopic (exact) mass is 899 g/mol. The van der Waals surface area contributed by atoms with Gasteiger partial charge in [0.25, 0.3) is 0 Å². The number of aromatic amines is 1. The van der Waals surface area contributed by atoms with Gasteiger partial charge in [-0.3, -0.25) is 14.5 Å². The zero-order valence-electron chi connectivity index (χ0n) is 37.9. The van der Waals surface area contributed by atoms with E-state index in [1.807, 2.05) is 6.07 Å². The maximum Gasteiger partial charge on any atom is 0.339 e. The maximum atomic E-state index is 14.1. The summed E-state index contributed by atoms with van der Waals surface area (Å²) >= 11 is 6.73. The lowest BCUT2D eigenvalue weighted by atomic mass is 9.69. The molecule has 0 radical (unpaired) electrons. The Kier molecular flexibility index (Phi) is 14.8. The molecule has 0 unspecified atom stereocenters. The highest BCUT2D eigenvalue weighted by Gasteiger charge is 2.46. The number of pyridine rings is 1. The number of aryl methyl sites for hydroxylation is 1. The number of nitrogens with zero attached hydrogens (tertiary/aromatic N) is 1. The van der Waals surface area contributed by atoms with Crippen LogP contribution < -0.4 is 15.6 Å². The molecule has 13 heteroatoms. The second kappa shape index (κ2) is 19.9. The molecule has 4 aromatic rings. The van der Waals surface area contributed by atoms with Gasteiger partial charge < -0.3 is 34.0 Å². The zero-order valence-corrected chi connectivity index (χ0v) is 39.7. The van der Waals surface area contributed by atoms with Gasteiger partial charge in [0.15, 0.2) is 8.32 Å². The fraction of sp³-hybridized carbons (Fsp3) is 0.540. The van der Waals surface area contributed by atoms with E-state index in [-0.39, 0.29) is 45.6 Å². The Morgan fingerprint density at radius 2 is 1.78 bits per heavy atom. The number of hydrogen-bond acceptors (Lipinski definition) is 10. The molecule has 4 aliphatic rings. The van der Waals surface area contributed by atoms with Crippen molar-refractivity contribution in [2.75, 3.05) is 39.9 Å². The Bertz CT molecular complexity index is 2310. The minimum Gasteiger partial charge on any atom is -0.506 e. The first-order valence-corrected chi connectivity index (χ1v) is 26.2. The number of phenolic OH excluding ortho intramolecular Hbond substituents is 1. The van der Waals surface area contributed by atoms with Gasteiger partial charge in [-0.1, -0.05) is 82.0 Å². The first-order valence-electron chi connectivity index (χ1n) is 22.9. The summed E-state index contributed by atoms with van der Waals surface area (Å²) in [6.07, 6.45) is 8.97. The molecule has 340 valence electrons. The molecule has 8 rings (SSSR count). The number of methoxy groups -OCH3 is 1. The van der Waals surface area contributed by atoms with Crippen molar-refractivity contribution in [2.24, 2.45) is 5.92 Å². The van der Waals surface area contributed by atoms with Gasteiger partial charge in [-0.25, -0.2) is 4.79 Å². The molecule has 3 aromatic carbocycles. The number of aromatic hydroxyl groups is 1. The van der Waals surface area contributed by atoms with Crippen molar-refractivity contribution in [3.05, 3.63) is 104 Å². The molecule has 4 fully saturated rings. The highest BCUT2D eigenvalue weighted by molar-refractivity contribution is 6.74. The molecule has 2 atom stereocenters. The minimum absolute atomic E-state index is 0.00271. The SMILES string of the molecule is COc1cc(C(=O)OCCCCc2cccc(C3(C(=O)O[C@H]4CN5CCC4CC5)CCCCC3)c2)c(Cl)cc1CNC[C@@H](O[Si](C)(C)C(C)(C)C)c1ccc(O)c2[nH]c(=O)ccc12. The highest BCUT2D eigenvalue weighted by Crippen LogP contribution is 2.44. The number of fused-ring (bicyclic) bond motifs is 4. The third-order valence-corrected chi connectivity index (χ3v) is 19.1. The molecular formula is C50H66ClN3O8Si. The number of esters is 2. The molecule has 3 N–H and O–H groups in total. The number of halogens is 1. The summed E-state index contributed by atoms with van der Waals surface area (Å²) in [7, 11) is -0.729. The van der Waals surface area contributed by atoms with Gasteiger partial charge in [0.05, 0.1) is 41.3 Å². The number of carbonyl (C=O) groups excluding carboxylic acids is 2. The molecule has 3 saturated heterocycles. The predicted octanol–water partition coefficient (Wildman–Crippen LogP) is 9.77. The minimum atomic E-state index is -2.29. The molecule has 4 heterocycles. The van der Waals surface area contributed by atoms with E-state index in [1.165, 1.54) is 11.6 Å². The van der Waals surface area contributed by atoms with Gasteiger partial charge in [-0.2, -0.15) is 0 Å². The van der Waals surface area contributed by atoms with Gasteiger partial charge in [0, 0.05) is 36.7 Å². The van der Waals surface area contributed by atoms with Crippen LogP contribution in [0.2, 0.25) is 23.2 Å². The van der Waals surface area contributed by atoms with Crippen molar-refractivity contribution in [3.63, 3.8) is 0 Å². The van der Waals surface area contributed by atoms with Crippen molar-refractivity contribution in [2.45, 2.75) is 127 Å². The van der Waals surface area contributed by atoms with Gasteiger partial charge in [-0.15, -0.1) is 0 Å². The molecule has 11 nitrogen and oxygen atoms in total. The van der Waals surface area contributed by atoms with E-state index >= 15 is 0 Å². The number of carbonyl (C=O) groups is 2. The smallest absolute Gasteiger partial charge is 0.339 e. The summed E-state index contributed by atoms with van der Waals surface area (Å²) < 4.78 is 24.8. The average molecular weight is 901 g/mol. The van der Waals surface area contributed by atoms with E-state index in [9.17, 15) is 19.5 Å². The Hall–Kier alpha value is -4.20. The van der Waals surface area contributed by atoms with Crippen LogP contribution in [0.3, 0.4) is 0 Å². The third kappa shape index (κ3) is 10.7. The van der Waals surface area contributed by atoms with Crippen LogP contribution in [0.1, 0.15) is 117 Å². The maximum absolute atomic E-state index is 14.1. The van der Waals surface area contributed by atoms with Crippen LogP contribution in [0, 0.1) is 5.92 Å². The van der Waals surface area contributed by atoms with Crippen LogP contribution in [0.15, 0.2) is 65.5 Å². The Balaban J connectivity index is 0.945. The first-order chi connectivity index (χ1) is 30.1. The average Bonchev–Trinajstić information content (AvgIpc) is 3.26. The highest BCUT2D eigenvalue weighted by atomic mass is 35.5. The number of phenols is 1. The zero-order chi connectivity index (χ0) is 44.9. The summed E-state index contributed by atoms with van der Waals surface area (Å²) in [6.45, 7) is 15.0. The number of ether oxygens (including phenoxy) is 3.